The molecule has 0 fully saturated rings. The number of fused-ring (bicyclic) bond motifs is 1. The molecule has 1 aromatic heterocycles. The molecular formula is C24H21N3O2. The highest BCUT2D eigenvalue weighted by Crippen LogP contribution is 2.23. The van der Waals surface area contributed by atoms with Crippen LogP contribution in [0.25, 0.3) is 10.9 Å². The zero-order chi connectivity index (χ0) is 19.9. The predicted octanol–water partition coefficient (Wildman–Crippen LogP) is 5.47. The molecule has 1 amide bonds. The highest BCUT2D eigenvalue weighted by Gasteiger charge is 2.05. The van der Waals surface area contributed by atoms with Crippen LogP contribution in [0, 0.1) is 0 Å². The number of hydrogen-bond acceptors (Lipinski definition) is 4. The van der Waals surface area contributed by atoms with Gasteiger partial charge < -0.3 is 15.4 Å². The third kappa shape index (κ3) is 4.90. The van der Waals surface area contributed by atoms with Crippen LogP contribution >= 0.6 is 0 Å². The first-order valence-corrected chi connectivity index (χ1v) is 9.48. The van der Waals surface area contributed by atoms with E-state index < -0.39 is 0 Å². The lowest BCUT2D eigenvalue weighted by Gasteiger charge is -2.10. The largest absolute Gasteiger partial charge is 0.457 e. The zero-order valence-electron chi connectivity index (χ0n) is 15.8. The first-order chi connectivity index (χ1) is 14.3. The van der Waals surface area contributed by atoms with E-state index in [-0.39, 0.29) is 5.91 Å². The van der Waals surface area contributed by atoms with Gasteiger partial charge in [-0.2, -0.15) is 0 Å². The molecular weight excluding hydrogens is 362 g/mol. The normalized spacial score (nSPS) is 10.5. The number of ether oxygens (including phenoxy) is 1. The van der Waals surface area contributed by atoms with Crippen molar-refractivity contribution < 1.29 is 9.53 Å². The van der Waals surface area contributed by atoms with Crippen LogP contribution < -0.4 is 15.4 Å². The Kier molecular flexibility index (Phi) is 5.67. The molecule has 29 heavy (non-hydrogen) atoms. The maximum atomic E-state index is 12.2. The van der Waals surface area contributed by atoms with Crippen LogP contribution in [0.2, 0.25) is 0 Å². The monoisotopic (exact) mass is 383 g/mol. The number of hydrogen-bond donors (Lipinski definition) is 2. The maximum absolute atomic E-state index is 12.2. The average molecular weight is 383 g/mol. The minimum Gasteiger partial charge on any atom is -0.457 e. The van der Waals surface area contributed by atoms with Gasteiger partial charge in [0.2, 0.25) is 5.91 Å². The van der Waals surface area contributed by atoms with Gasteiger partial charge in [0.1, 0.15) is 11.5 Å². The molecule has 2 N–H and O–H groups in total. The lowest BCUT2D eigenvalue weighted by Crippen LogP contribution is -2.16. The van der Waals surface area contributed by atoms with Crippen LogP contribution in [0.15, 0.2) is 91.1 Å². The Morgan fingerprint density at radius 2 is 1.59 bits per heavy atom. The number of anilines is 2. The molecule has 0 saturated carbocycles. The SMILES string of the molecule is O=C(CCNc1cccc2cccnc12)Nc1ccc(Oc2ccccc2)cc1. The van der Waals surface area contributed by atoms with E-state index in [1.807, 2.05) is 84.9 Å². The molecule has 1 heterocycles. The maximum Gasteiger partial charge on any atom is 0.226 e. The first kappa shape index (κ1) is 18.5. The number of amides is 1. The summed E-state index contributed by atoms with van der Waals surface area (Å²) in [5.41, 5.74) is 2.57. The van der Waals surface area contributed by atoms with E-state index in [4.69, 9.17) is 4.74 Å². The third-order valence-corrected chi connectivity index (χ3v) is 4.42. The molecule has 0 aliphatic rings. The summed E-state index contributed by atoms with van der Waals surface area (Å²) in [5.74, 6) is 1.44. The number of pyridine rings is 1. The summed E-state index contributed by atoms with van der Waals surface area (Å²) in [6.07, 6.45) is 2.12. The van der Waals surface area contributed by atoms with Crippen molar-refractivity contribution in [3.63, 3.8) is 0 Å². The second-order valence-electron chi connectivity index (χ2n) is 6.55. The molecule has 0 bridgehead atoms. The number of rotatable bonds is 7. The Morgan fingerprint density at radius 1 is 0.828 bits per heavy atom. The van der Waals surface area contributed by atoms with Gasteiger partial charge in [-0.25, -0.2) is 0 Å². The number of nitrogens with zero attached hydrogens (tertiary/aromatic N) is 1. The van der Waals surface area contributed by atoms with Crippen LogP contribution in [0.5, 0.6) is 11.5 Å². The number of benzene rings is 3. The van der Waals surface area contributed by atoms with Gasteiger partial charge >= 0.3 is 0 Å². The zero-order valence-corrected chi connectivity index (χ0v) is 15.8. The van der Waals surface area contributed by atoms with Gasteiger partial charge in [0.25, 0.3) is 0 Å². The molecule has 0 aliphatic heterocycles. The van der Waals surface area contributed by atoms with E-state index >= 15 is 0 Å². The van der Waals surface area contributed by atoms with Gasteiger partial charge in [0, 0.05) is 30.2 Å². The van der Waals surface area contributed by atoms with E-state index in [2.05, 4.69) is 15.6 Å². The molecule has 5 heteroatoms. The van der Waals surface area contributed by atoms with Crippen LogP contribution in [-0.4, -0.2) is 17.4 Å². The van der Waals surface area contributed by atoms with Crippen LogP contribution in [0.4, 0.5) is 11.4 Å². The van der Waals surface area contributed by atoms with Crippen molar-refractivity contribution in [2.75, 3.05) is 17.2 Å². The van der Waals surface area contributed by atoms with Crippen molar-refractivity contribution >= 4 is 28.2 Å². The molecule has 0 spiro atoms. The molecule has 144 valence electrons. The first-order valence-electron chi connectivity index (χ1n) is 9.48. The fourth-order valence-electron chi connectivity index (χ4n) is 3.01. The van der Waals surface area contributed by atoms with E-state index in [1.54, 1.807) is 6.20 Å². The van der Waals surface area contributed by atoms with Crippen molar-refractivity contribution in [3.8, 4) is 11.5 Å². The number of aromatic nitrogens is 1. The van der Waals surface area contributed by atoms with Crippen molar-refractivity contribution in [3.05, 3.63) is 91.1 Å². The van der Waals surface area contributed by atoms with Gasteiger partial charge in [-0.1, -0.05) is 36.4 Å². The van der Waals surface area contributed by atoms with Crippen molar-refractivity contribution in [1.82, 2.24) is 4.98 Å². The molecule has 3 aromatic carbocycles. The molecule has 0 atom stereocenters. The van der Waals surface area contributed by atoms with Gasteiger partial charge in [-0.05, 0) is 48.5 Å². The summed E-state index contributed by atoms with van der Waals surface area (Å²) in [7, 11) is 0. The van der Waals surface area contributed by atoms with Crippen LogP contribution in [-0.2, 0) is 4.79 Å². The smallest absolute Gasteiger partial charge is 0.226 e. The lowest BCUT2D eigenvalue weighted by molar-refractivity contribution is -0.115. The van der Waals surface area contributed by atoms with Gasteiger partial charge in [0.15, 0.2) is 0 Å². The number of carbonyl (C=O) groups excluding carboxylic acids is 1. The second kappa shape index (κ2) is 8.89. The minimum absolute atomic E-state index is 0.0533. The van der Waals surface area contributed by atoms with E-state index in [0.29, 0.717) is 13.0 Å². The summed E-state index contributed by atoms with van der Waals surface area (Å²) >= 11 is 0. The highest BCUT2D eigenvalue weighted by atomic mass is 16.5. The summed E-state index contributed by atoms with van der Waals surface area (Å²) in [4.78, 5) is 16.7. The molecule has 0 saturated heterocycles. The summed E-state index contributed by atoms with van der Waals surface area (Å²) in [6.45, 7) is 0.525. The minimum atomic E-state index is -0.0533. The van der Waals surface area contributed by atoms with Gasteiger partial charge in [0.05, 0.1) is 11.2 Å². The molecule has 4 rings (SSSR count). The summed E-state index contributed by atoms with van der Waals surface area (Å²) in [6, 6.07) is 26.8. The summed E-state index contributed by atoms with van der Waals surface area (Å²) in [5, 5.41) is 7.27. The molecule has 0 unspecified atom stereocenters. The Hall–Kier alpha value is -3.86. The van der Waals surface area contributed by atoms with E-state index in [1.165, 1.54) is 0 Å². The van der Waals surface area contributed by atoms with Gasteiger partial charge in [-0.3, -0.25) is 9.78 Å². The Balaban J connectivity index is 1.28. The van der Waals surface area contributed by atoms with E-state index in [9.17, 15) is 4.79 Å². The standard InChI is InChI=1S/C24H21N3O2/c28-23(15-17-25-22-10-4-6-18-7-5-16-26-24(18)22)27-19-11-13-21(14-12-19)29-20-8-2-1-3-9-20/h1-14,16,25H,15,17H2,(H,27,28). The topological polar surface area (TPSA) is 63.2 Å². The number of para-hydroxylation sites is 2. The van der Waals surface area contributed by atoms with E-state index in [0.717, 1.165) is 33.8 Å². The summed E-state index contributed by atoms with van der Waals surface area (Å²) < 4.78 is 5.76. The fourth-order valence-corrected chi connectivity index (χ4v) is 3.01. The molecule has 5 nitrogen and oxygen atoms in total. The van der Waals surface area contributed by atoms with Crippen molar-refractivity contribution in [2.24, 2.45) is 0 Å². The van der Waals surface area contributed by atoms with Crippen molar-refractivity contribution in [2.45, 2.75) is 6.42 Å². The average Bonchev–Trinajstić information content (AvgIpc) is 2.76. The Bertz CT molecular complexity index is 1090. The predicted molar refractivity (Wildman–Crippen MR) is 116 cm³/mol. The highest BCUT2D eigenvalue weighted by molar-refractivity contribution is 5.92. The quantitative estimate of drug-likeness (QED) is 0.444. The fraction of sp³-hybridized carbons (Fsp3) is 0.0833. The lowest BCUT2D eigenvalue weighted by atomic mass is 10.2. The third-order valence-electron chi connectivity index (χ3n) is 4.42. The Morgan fingerprint density at radius 3 is 2.41 bits per heavy atom. The van der Waals surface area contributed by atoms with Crippen LogP contribution in [0.1, 0.15) is 6.42 Å². The molecule has 0 aliphatic carbocycles. The van der Waals surface area contributed by atoms with Crippen LogP contribution in [0.3, 0.4) is 0 Å². The molecule has 0 radical (unpaired) electrons. The molecule has 4 aromatic rings. The Labute approximate surface area is 169 Å². The van der Waals surface area contributed by atoms with Crippen molar-refractivity contribution in [1.29, 1.82) is 0 Å². The number of carbonyl (C=O) groups is 1. The number of nitrogens with one attached hydrogen (secondary N) is 2. The second-order valence-corrected chi connectivity index (χ2v) is 6.55. The van der Waals surface area contributed by atoms with Gasteiger partial charge in [-0.15, -0.1) is 0 Å².